The van der Waals surface area contributed by atoms with Crippen molar-refractivity contribution in [2.75, 3.05) is 0 Å². The molecule has 0 aromatic heterocycles. The molecule has 2 aliphatic carbocycles. The van der Waals surface area contributed by atoms with E-state index in [1.807, 2.05) is 0 Å². The predicted octanol–water partition coefficient (Wildman–Crippen LogP) is 5.07. The van der Waals surface area contributed by atoms with Crippen molar-refractivity contribution in [2.45, 2.75) is 77.2 Å². The summed E-state index contributed by atoms with van der Waals surface area (Å²) >= 11 is 0. The lowest BCUT2D eigenvalue weighted by Gasteiger charge is -2.42. The highest BCUT2D eigenvalue weighted by Gasteiger charge is 2.38. The van der Waals surface area contributed by atoms with Crippen molar-refractivity contribution >= 4 is 11.5 Å². The van der Waals surface area contributed by atoms with E-state index >= 15 is 0 Å². The molecule has 2 nitrogen and oxygen atoms in total. The van der Waals surface area contributed by atoms with Gasteiger partial charge in [0.1, 0.15) is 6.10 Å². The summed E-state index contributed by atoms with van der Waals surface area (Å²) in [6, 6.07) is 4.70. The Kier molecular flexibility index (Phi) is 4.31. The van der Waals surface area contributed by atoms with Gasteiger partial charge in [0, 0.05) is 5.92 Å². The molecule has 0 radical (unpaired) electrons. The Hall–Kier alpha value is -2.01. The first-order valence-corrected chi connectivity index (χ1v) is 9.19. The highest BCUT2D eigenvalue weighted by atomic mass is 16.5. The van der Waals surface area contributed by atoms with Crippen LogP contribution in [0.2, 0.25) is 0 Å². The topological polar surface area (TPSA) is 26.3 Å². The average Bonchev–Trinajstić information content (AvgIpc) is 2.99. The molecule has 0 aliphatic heterocycles. The third-order valence-corrected chi connectivity index (χ3v) is 6.02. The number of terminal acetylenes is 1. The molecular weight excluding hydrogens is 308 g/mol. The Balaban J connectivity index is 2.07. The fourth-order valence-corrected chi connectivity index (χ4v) is 4.28. The van der Waals surface area contributed by atoms with Crippen molar-refractivity contribution in [1.82, 2.24) is 0 Å². The van der Waals surface area contributed by atoms with Crippen molar-refractivity contribution in [3.05, 3.63) is 40.5 Å². The Morgan fingerprint density at radius 3 is 2.36 bits per heavy atom. The second kappa shape index (κ2) is 6.06. The van der Waals surface area contributed by atoms with E-state index in [0.29, 0.717) is 0 Å². The minimum absolute atomic E-state index is 0.164. The average molecular weight is 336 g/mol. The molecule has 1 aromatic carbocycles. The SMILES string of the molecule is C#CC(=O)OC1CCC=C1c1cc2c(cc1C)C(C)(C)CCC2(C)C. The quantitative estimate of drug-likeness (QED) is 0.428. The molecule has 1 unspecified atom stereocenters. The van der Waals surface area contributed by atoms with Gasteiger partial charge in [0.15, 0.2) is 0 Å². The molecule has 0 bridgehead atoms. The predicted molar refractivity (Wildman–Crippen MR) is 102 cm³/mol. The van der Waals surface area contributed by atoms with Gasteiger partial charge in [-0.25, -0.2) is 4.79 Å². The highest BCUT2D eigenvalue weighted by Crippen LogP contribution is 2.47. The molecular formula is C23H28O2. The summed E-state index contributed by atoms with van der Waals surface area (Å²) in [5, 5.41) is 0. The number of rotatable bonds is 2. The molecule has 0 spiro atoms. The van der Waals surface area contributed by atoms with Crippen LogP contribution in [-0.4, -0.2) is 12.1 Å². The van der Waals surface area contributed by atoms with E-state index in [1.165, 1.54) is 35.1 Å². The van der Waals surface area contributed by atoms with Crippen LogP contribution in [0.3, 0.4) is 0 Å². The van der Waals surface area contributed by atoms with Crippen LogP contribution in [0.4, 0.5) is 0 Å². The van der Waals surface area contributed by atoms with Crippen LogP contribution in [0, 0.1) is 19.3 Å². The number of benzene rings is 1. The molecule has 25 heavy (non-hydrogen) atoms. The molecule has 2 heteroatoms. The van der Waals surface area contributed by atoms with Gasteiger partial charge >= 0.3 is 5.97 Å². The molecule has 2 aliphatic rings. The number of allylic oxidation sites excluding steroid dienone is 1. The lowest BCUT2D eigenvalue weighted by Crippen LogP contribution is -2.34. The number of carbonyl (C=O) groups excluding carboxylic acids is 1. The molecule has 0 fully saturated rings. The Morgan fingerprint density at radius 2 is 1.76 bits per heavy atom. The first kappa shape index (κ1) is 17.8. The minimum atomic E-state index is -0.574. The zero-order valence-electron chi connectivity index (χ0n) is 16.0. The van der Waals surface area contributed by atoms with Crippen LogP contribution >= 0.6 is 0 Å². The number of esters is 1. The molecule has 132 valence electrons. The number of aryl methyl sites for hydroxylation is 1. The molecule has 0 N–H and O–H groups in total. The van der Waals surface area contributed by atoms with Gasteiger partial charge in [-0.05, 0) is 71.3 Å². The third kappa shape index (κ3) is 3.13. The van der Waals surface area contributed by atoms with E-state index in [4.69, 9.17) is 11.2 Å². The Bertz CT molecular complexity index is 787. The van der Waals surface area contributed by atoms with E-state index in [2.05, 4.69) is 58.7 Å². The first-order chi connectivity index (χ1) is 11.7. The maximum absolute atomic E-state index is 11.6. The lowest BCUT2D eigenvalue weighted by atomic mass is 9.62. The van der Waals surface area contributed by atoms with Crippen LogP contribution in [-0.2, 0) is 20.4 Å². The number of hydrogen-bond donors (Lipinski definition) is 0. The monoisotopic (exact) mass is 336 g/mol. The smallest absolute Gasteiger partial charge is 0.384 e. The Morgan fingerprint density at radius 1 is 1.16 bits per heavy atom. The number of ether oxygens (including phenoxy) is 1. The molecule has 3 rings (SSSR count). The molecule has 0 saturated heterocycles. The van der Waals surface area contributed by atoms with Crippen LogP contribution in [0.5, 0.6) is 0 Å². The van der Waals surface area contributed by atoms with E-state index < -0.39 is 5.97 Å². The van der Waals surface area contributed by atoms with Crippen LogP contribution in [0.15, 0.2) is 18.2 Å². The summed E-state index contributed by atoms with van der Waals surface area (Å²) in [7, 11) is 0. The van der Waals surface area contributed by atoms with E-state index in [9.17, 15) is 4.79 Å². The van der Waals surface area contributed by atoms with E-state index in [1.54, 1.807) is 0 Å². The fraction of sp³-hybridized carbons (Fsp3) is 0.522. The molecule has 1 aromatic rings. The lowest BCUT2D eigenvalue weighted by molar-refractivity contribution is -0.139. The van der Waals surface area contributed by atoms with Crippen LogP contribution in [0.25, 0.3) is 5.57 Å². The molecule has 0 amide bonds. The van der Waals surface area contributed by atoms with Gasteiger partial charge in [-0.2, -0.15) is 0 Å². The summed E-state index contributed by atoms with van der Waals surface area (Å²) in [5.41, 5.74) is 6.82. The summed E-state index contributed by atoms with van der Waals surface area (Å²) < 4.78 is 5.48. The van der Waals surface area contributed by atoms with Gasteiger partial charge in [0.05, 0.1) is 0 Å². The van der Waals surface area contributed by atoms with Crippen LogP contribution in [0.1, 0.15) is 75.6 Å². The zero-order valence-corrected chi connectivity index (χ0v) is 16.0. The number of fused-ring (bicyclic) bond motifs is 1. The third-order valence-electron chi connectivity index (χ3n) is 6.02. The Labute approximate surface area is 151 Å². The van der Waals surface area contributed by atoms with Crippen molar-refractivity contribution in [3.8, 4) is 12.3 Å². The first-order valence-electron chi connectivity index (χ1n) is 9.19. The largest absolute Gasteiger partial charge is 0.448 e. The highest BCUT2D eigenvalue weighted by molar-refractivity contribution is 5.89. The van der Waals surface area contributed by atoms with E-state index in [-0.39, 0.29) is 16.9 Å². The molecule has 0 saturated carbocycles. The van der Waals surface area contributed by atoms with Crippen molar-refractivity contribution in [1.29, 1.82) is 0 Å². The second-order valence-corrected chi connectivity index (χ2v) is 8.76. The maximum Gasteiger partial charge on any atom is 0.384 e. The van der Waals surface area contributed by atoms with Crippen molar-refractivity contribution in [3.63, 3.8) is 0 Å². The van der Waals surface area contributed by atoms with E-state index in [0.717, 1.165) is 18.4 Å². The standard InChI is InChI=1S/C23H28O2/c1-7-21(24)25-20-10-8-9-16(20)17-14-19-18(13-15(17)2)22(3,4)11-12-23(19,5)6/h1,9,13-14,20H,8,10-12H2,2-6H3. The van der Waals surface area contributed by atoms with Crippen molar-refractivity contribution in [2.24, 2.45) is 0 Å². The number of carbonyl (C=O) groups is 1. The van der Waals surface area contributed by atoms with Gasteiger partial charge in [-0.1, -0.05) is 45.9 Å². The summed E-state index contributed by atoms with van der Waals surface area (Å²) in [4.78, 5) is 11.6. The van der Waals surface area contributed by atoms with Gasteiger partial charge < -0.3 is 4.74 Å². The molecule has 0 heterocycles. The van der Waals surface area contributed by atoms with Crippen molar-refractivity contribution < 1.29 is 9.53 Å². The zero-order chi connectivity index (χ0) is 18.4. The van der Waals surface area contributed by atoms with Gasteiger partial charge in [0.25, 0.3) is 0 Å². The second-order valence-electron chi connectivity index (χ2n) is 8.76. The maximum atomic E-state index is 11.6. The van der Waals surface area contributed by atoms with Crippen LogP contribution < -0.4 is 0 Å². The molecule has 1 atom stereocenters. The summed E-state index contributed by atoms with van der Waals surface area (Å²) in [6.45, 7) is 11.5. The van der Waals surface area contributed by atoms with Gasteiger partial charge in [-0.15, -0.1) is 6.42 Å². The summed E-state index contributed by atoms with van der Waals surface area (Å²) in [5.74, 6) is 1.49. The van der Waals surface area contributed by atoms with Gasteiger partial charge in [-0.3, -0.25) is 0 Å². The minimum Gasteiger partial charge on any atom is -0.448 e. The normalized spacial score (nSPS) is 23.4. The fourth-order valence-electron chi connectivity index (χ4n) is 4.28. The van der Waals surface area contributed by atoms with Gasteiger partial charge in [0.2, 0.25) is 0 Å². The summed E-state index contributed by atoms with van der Waals surface area (Å²) in [6.07, 6.45) is 11.3. The number of hydrogen-bond acceptors (Lipinski definition) is 2.